The highest BCUT2D eigenvalue weighted by atomic mass is 32.2. The van der Waals surface area contributed by atoms with Gasteiger partial charge in [-0.3, -0.25) is 4.79 Å². The van der Waals surface area contributed by atoms with Crippen molar-refractivity contribution in [1.29, 1.82) is 0 Å². The number of carbonyl (C=O) groups excluding carboxylic acids is 1. The summed E-state index contributed by atoms with van der Waals surface area (Å²) in [4.78, 5) is 11.9. The molecular weight excluding hydrogens is 404 g/mol. The molecule has 0 heterocycles. The van der Waals surface area contributed by atoms with E-state index in [0.29, 0.717) is 18.9 Å². The van der Waals surface area contributed by atoms with Gasteiger partial charge in [0, 0.05) is 19.2 Å². The maximum Gasteiger partial charge on any atom is 0.257 e. The minimum Gasteiger partial charge on any atom is -0.484 e. The third-order valence-corrected chi connectivity index (χ3v) is 5.79. The van der Waals surface area contributed by atoms with Gasteiger partial charge in [-0.25, -0.2) is 13.1 Å². The van der Waals surface area contributed by atoms with Crippen molar-refractivity contribution in [2.45, 2.75) is 44.2 Å². The summed E-state index contributed by atoms with van der Waals surface area (Å²) in [7, 11) is -3.68. The molecule has 2 aromatic rings. The first kappa shape index (κ1) is 23.9. The van der Waals surface area contributed by atoms with E-state index >= 15 is 0 Å². The molecule has 0 fully saturated rings. The summed E-state index contributed by atoms with van der Waals surface area (Å²) in [6, 6.07) is 15.0. The molecule has 2 N–H and O–H groups in total. The van der Waals surface area contributed by atoms with Crippen LogP contribution in [0.4, 0.5) is 0 Å². The first-order chi connectivity index (χ1) is 14.3. The molecule has 0 aliphatic carbocycles. The average molecular weight is 435 g/mol. The Bertz CT molecular complexity index is 884. The van der Waals surface area contributed by atoms with E-state index in [1.165, 1.54) is 24.3 Å². The number of benzene rings is 2. The SMILES string of the molecule is CC(C)OCCCNC(=O)COc1ccc(S(=O)(=O)N[C@H](C)c2ccccc2)cc1. The molecule has 7 nitrogen and oxygen atoms in total. The van der Waals surface area contributed by atoms with Crippen molar-refractivity contribution in [3.8, 4) is 5.75 Å². The molecule has 0 aromatic heterocycles. The molecule has 0 spiro atoms. The molecule has 2 aromatic carbocycles. The minimum atomic E-state index is -3.68. The van der Waals surface area contributed by atoms with Crippen molar-refractivity contribution in [3.63, 3.8) is 0 Å². The van der Waals surface area contributed by atoms with Crippen molar-refractivity contribution in [3.05, 3.63) is 60.2 Å². The highest BCUT2D eigenvalue weighted by Gasteiger charge is 2.18. The lowest BCUT2D eigenvalue weighted by atomic mass is 10.1. The van der Waals surface area contributed by atoms with Crippen LogP contribution in [0.15, 0.2) is 59.5 Å². The van der Waals surface area contributed by atoms with Gasteiger partial charge in [0.25, 0.3) is 5.91 Å². The Balaban J connectivity index is 1.80. The molecule has 0 aliphatic heterocycles. The molecule has 0 radical (unpaired) electrons. The number of ether oxygens (including phenoxy) is 2. The average Bonchev–Trinajstić information content (AvgIpc) is 2.72. The van der Waals surface area contributed by atoms with E-state index < -0.39 is 10.0 Å². The van der Waals surface area contributed by atoms with Gasteiger partial charge in [0.2, 0.25) is 10.0 Å². The number of hydrogen-bond donors (Lipinski definition) is 2. The van der Waals surface area contributed by atoms with E-state index in [-0.39, 0.29) is 29.6 Å². The third kappa shape index (κ3) is 8.14. The van der Waals surface area contributed by atoms with Crippen molar-refractivity contribution in [2.24, 2.45) is 0 Å². The highest BCUT2D eigenvalue weighted by molar-refractivity contribution is 7.89. The van der Waals surface area contributed by atoms with Gasteiger partial charge in [-0.1, -0.05) is 30.3 Å². The van der Waals surface area contributed by atoms with E-state index in [1.807, 2.05) is 44.2 Å². The molecule has 0 aliphatic rings. The number of nitrogens with one attached hydrogen (secondary N) is 2. The molecule has 164 valence electrons. The number of amides is 1. The van der Waals surface area contributed by atoms with E-state index in [1.54, 1.807) is 6.92 Å². The maximum absolute atomic E-state index is 12.6. The predicted octanol–water partition coefficient (Wildman–Crippen LogP) is 3.04. The van der Waals surface area contributed by atoms with Gasteiger partial charge < -0.3 is 14.8 Å². The van der Waals surface area contributed by atoms with Crippen LogP contribution in [0.5, 0.6) is 5.75 Å². The van der Waals surface area contributed by atoms with Crippen LogP contribution in [0.3, 0.4) is 0 Å². The van der Waals surface area contributed by atoms with Crippen molar-refractivity contribution >= 4 is 15.9 Å². The largest absolute Gasteiger partial charge is 0.484 e. The second kappa shape index (κ2) is 11.7. The molecular formula is C22H30N2O5S. The smallest absolute Gasteiger partial charge is 0.257 e. The molecule has 8 heteroatoms. The number of rotatable bonds is 12. The Morgan fingerprint density at radius 2 is 1.67 bits per heavy atom. The molecule has 0 saturated heterocycles. The van der Waals surface area contributed by atoms with E-state index in [4.69, 9.17) is 9.47 Å². The second-order valence-electron chi connectivity index (χ2n) is 7.14. The van der Waals surface area contributed by atoms with Crippen LogP contribution in [0.25, 0.3) is 0 Å². The fraction of sp³-hybridized carbons (Fsp3) is 0.409. The summed E-state index contributed by atoms with van der Waals surface area (Å²) in [6.07, 6.45) is 0.901. The Morgan fingerprint density at radius 3 is 2.30 bits per heavy atom. The lowest BCUT2D eigenvalue weighted by Gasteiger charge is -2.15. The number of carbonyl (C=O) groups is 1. The topological polar surface area (TPSA) is 93.7 Å². The Morgan fingerprint density at radius 1 is 1.00 bits per heavy atom. The van der Waals surface area contributed by atoms with Crippen LogP contribution in [0, 0.1) is 0 Å². The summed E-state index contributed by atoms with van der Waals surface area (Å²) >= 11 is 0. The van der Waals surface area contributed by atoms with Crippen LogP contribution in [0.2, 0.25) is 0 Å². The Kier molecular flexibility index (Phi) is 9.29. The fourth-order valence-corrected chi connectivity index (χ4v) is 3.88. The molecule has 1 atom stereocenters. The van der Waals surface area contributed by atoms with E-state index in [2.05, 4.69) is 10.0 Å². The van der Waals surface area contributed by atoms with Crippen LogP contribution in [-0.4, -0.2) is 40.2 Å². The van der Waals surface area contributed by atoms with Gasteiger partial charge in [0.15, 0.2) is 6.61 Å². The van der Waals surface area contributed by atoms with Crippen molar-refractivity contribution < 1.29 is 22.7 Å². The molecule has 0 bridgehead atoms. The van der Waals surface area contributed by atoms with Crippen LogP contribution >= 0.6 is 0 Å². The van der Waals surface area contributed by atoms with E-state index in [9.17, 15) is 13.2 Å². The molecule has 0 unspecified atom stereocenters. The fourth-order valence-electron chi connectivity index (χ4n) is 2.64. The summed E-state index contributed by atoms with van der Waals surface area (Å²) in [5, 5.41) is 2.75. The molecule has 1 amide bonds. The highest BCUT2D eigenvalue weighted by Crippen LogP contribution is 2.19. The van der Waals surface area contributed by atoms with Crippen LogP contribution < -0.4 is 14.8 Å². The zero-order chi connectivity index (χ0) is 22.0. The predicted molar refractivity (Wildman–Crippen MR) is 116 cm³/mol. The third-order valence-electron chi connectivity index (χ3n) is 4.23. The Hall–Kier alpha value is -2.42. The second-order valence-corrected chi connectivity index (χ2v) is 8.85. The normalized spacial score (nSPS) is 12.5. The first-order valence-electron chi connectivity index (χ1n) is 9.96. The monoisotopic (exact) mass is 434 g/mol. The quantitative estimate of drug-likeness (QED) is 0.501. The van der Waals surface area contributed by atoms with Gasteiger partial charge in [0.1, 0.15) is 5.75 Å². The van der Waals surface area contributed by atoms with Gasteiger partial charge in [-0.05, 0) is 57.0 Å². The van der Waals surface area contributed by atoms with Crippen molar-refractivity contribution in [1.82, 2.24) is 10.0 Å². The zero-order valence-corrected chi connectivity index (χ0v) is 18.4. The lowest BCUT2D eigenvalue weighted by Crippen LogP contribution is -2.30. The summed E-state index contributed by atoms with van der Waals surface area (Å²) in [6.45, 7) is 6.67. The number of sulfonamides is 1. The van der Waals surface area contributed by atoms with Gasteiger partial charge in [0.05, 0.1) is 11.0 Å². The molecule has 2 rings (SSSR count). The summed E-state index contributed by atoms with van der Waals surface area (Å²) < 4.78 is 38.6. The zero-order valence-electron chi connectivity index (χ0n) is 17.6. The summed E-state index contributed by atoms with van der Waals surface area (Å²) in [5.41, 5.74) is 0.878. The Labute approximate surface area is 178 Å². The number of hydrogen-bond acceptors (Lipinski definition) is 5. The molecule has 30 heavy (non-hydrogen) atoms. The van der Waals surface area contributed by atoms with E-state index in [0.717, 1.165) is 12.0 Å². The van der Waals surface area contributed by atoms with Gasteiger partial charge in [-0.2, -0.15) is 0 Å². The first-order valence-corrected chi connectivity index (χ1v) is 11.4. The maximum atomic E-state index is 12.6. The summed E-state index contributed by atoms with van der Waals surface area (Å²) in [5.74, 6) is 0.179. The lowest BCUT2D eigenvalue weighted by molar-refractivity contribution is -0.123. The van der Waals surface area contributed by atoms with Gasteiger partial charge >= 0.3 is 0 Å². The molecule has 0 saturated carbocycles. The van der Waals surface area contributed by atoms with Gasteiger partial charge in [-0.15, -0.1) is 0 Å². The standard InChI is InChI=1S/C22H30N2O5S/c1-17(2)28-15-7-14-23-22(25)16-29-20-10-12-21(13-11-20)30(26,27)24-18(3)19-8-5-4-6-9-19/h4-6,8-13,17-18,24H,7,14-16H2,1-3H3,(H,23,25)/t18-/m1/s1. The van der Waals surface area contributed by atoms with Crippen LogP contribution in [-0.2, 0) is 19.6 Å². The van der Waals surface area contributed by atoms with Crippen molar-refractivity contribution in [2.75, 3.05) is 19.8 Å². The van der Waals surface area contributed by atoms with Crippen LogP contribution in [0.1, 0.15) is 38.8 Å². The minimum absolute atomic E-state index is 0.132.